The van der Waals surface area contributed by atoms with Crippen molar-refractivity contribution in [1.82, 2.24) is 4.90 Å². The molecule has 0 fully saturated rings. The second-order valence-corrected chi connectivity index (χ2v) is 5.37. The first-order valence-corrected chi connectivity index (χ1v) is 6.51. The first kappa shape index (κ1) is 15.9. The molecular weight excluding hydrogens is 200 g/mol. The smallest absolute Gasteiger partial charge is 0.0768 e. The molecule has 0 rings (SSSR count). The maximum atomic E-state index is 10.2. The van der Waals surface area contributed by atoms with E-state index in [0.717, 1.165) is 32.4 Å². The van der Waals surface area contributed by atoms with E-state index in [4.69, 9.17) is 5.73 Å². The average molecular weight is 230 g/mol. The lowest BCUT2D eigenvalue weighted by atomic mass is 9.96. The van der Waals surface area contributed by atoms with E-state index >= 15 is 0 Å². The van der Waals surface area contributed by atoms with Gasteiger partial charge in [0.05, 0.1) is 5.60 Å². The zero-order valence-electron chi connectivity index (χ0n) is 11.7. The van der Waals surface area contributed by atoms with E-state index in [1.54, 1.807) is 0 Å². The lowest BCUT2D eigenvalue weighted by molar-refractivity contribution is 0.00237. The zero-order valence-corrected chi connectivity index (χ0v) is 11.7. The van der Waals surface area contributed by atoms with Crippen LogP contribution in [-0.2, 0) is 0 Å². The molecule has 0 saturated heterocycles. The molecule has 3 heteroatoms. The number of aliphatic hydroxyl groups is 1. The van der Waals surface area contributed by atoms with E-state index in [9.17, 15) is 5.11 Å². The van der Waals surface area contributed by atoms with Crippen molar-refractivity contribution in [1.29, 1.82) is 0 Å². The highest BCUT2D eigenvalue weighted by Crippen LogP contribution is 2.16. The molecule has 0 aromatic heterocycles. The number of hydrogen-bond acceptors (Lipinski definition) is 3. The highest BCUT2D eigenvalue weighted by Gasteiger charge is 2.24. The molecule has 1 atom stereocenters. The van der Waals surface area contributed by atoms with Crippen LogP contribution >= 0.6 is 0 Å². The Morgan fingerprint density at radius 1 is 1.25 bits per heavy atom. The summed E-state index contributed by atoms with van der Waals surface area (Å²) in [6.07, 6.45) is 2.62. The third kappa shape index (κ3) is 5.83. The Balaban J connectivity index is 3.94. The van der Waals surface area contributed by atoms with Crippen LogP contribution in [0.25, 0.3) is 0 Å². The Bertz CT molecular complexity index is 179. The predicted octanol–water partition coefficient (Wildman–Crippen LogP) is 1.84. The normalized spacial score (nSPS) is 14.8. The summed E-state index contributed by atoms with van der Waals surface area (Å²) in [5.74, 6) is 0.532. The van der Waals surface area contributed by atoms with Gasteiger partial charge < -0.3 is 15.7 Å². The van der Waals surface area contributed by atoms with Gasteiger partial charge in [-0.05, 0) is 38.8 Å². The molecule has 0 saturated carbocycles. The van der Waals surface area contributed by atoms with Gasteiger partial charge in [-0.25, -0.2) is 0 Å². The lowest BCUT2D eigenvalue weighted by Gasteiger charge is -2.31. The van der Waals surface area contributed by atoms with Gasteiger partial charge in [-0.15, -0.1) is 0 Å². The van der Waals surface area contributed by atoms with E-state index in [1.807, 2.05) is 13.8 Å². The number of hydrogen-bond donors (Lipinski definition) is 2. The lowest BCUT2D eigenvalue weighted by Crippen LogP contribution is -2.42. The Hall–Kier alpha value is -0.120. The van der Waals surface area contributed by atoms with Crippen LogP contribution in [0.5, 0.6) is 0 Å². The van der Waals surface area contributed by atoms with Gasteiger partial charge >= 0.3 is 0 Å². The quantitative estimate of drug-likeness (QED) is 0.669. The van der Waals surface area contributed by atoms with Gasteiger partial charge in [0.2, 0.25) is 0 Å². The summed E-state index contributed by atoms with van der Waals surface area (Å²) in [6.45, 7) is 10.1. The van der Waals surface area contributed by atoms with E-state index in [-0.39, 0.29) is 6.04 Å². The number of rotatable bonds is 8. The van der Waals surface area contributed by atoms with Gasteiger partial charge in [-0.2, -0.15) is 0 Å². The molecule has 1 unspecified atom stereocenters. The van der Waals surface area contributed by atoms with Crippen molar-refractivity contribution in [3.63, 3.8) is 0 Å². The first-order chi connectivity index (χ1) is 7.34. The van der Waals surface area contributed by atoms with Crippen LogP contribution in [0, 0.1) is 5.92 Å². The topological polar surface area (TPSA) is 49.5 Å². The summed E-state index contributed by atoms with van der Waals surface area (Å²) in [5.41, 5.74) is 5.47. The van der Waals surface area contributed by atoms with Crippen molar-refractivity contribution < 1.29 is 5.11 Å². The van der Waals surface area contributed by atoms with Crippen LogP contribution in [0.15, 0.2) is 0 Å². The van der Waals surface area contributed by atoms with Crippen LogP contribution in [-0.4, -0.2) is 41.8 Å². The minimum atomic E-state index is -0.531. The molecule has 0 aromatic carbocycles. The second kappa shape index (κ2) is 7.25. The molecule has 0 aliphatic rings. The van der Waals surface area contributed by atoms with Crippen molar-refractivity contribution in [3.05, 3.63) is 0 Å². The number of nitrogens with two attached hydrogens (primary N) is 1. The number of nitrogens with zero attached hydrogens (tertiary/aromatic N) is 1. The molecule has 3 nitrogen and oxygen atoms in total. The second-order valence-electron chi connectivity index (χ2n) is 5.37. The molecule has 0 aromatic rings. The summed E-state index contributed by atoms with van der Waals surface area (Å²) in [7, 11) is 2.06. The van der Waals surface area contributed by atoms with Gasteiger partial charge in [0.1, 0.15) is 0 Å². The zero-order chi connectivity index (χ0) is 12.8. The monoisotopic (exact) mass is 230 g/mol. The van der Waals surface area contributed by atoms with E-state index in [1.165, 1.54) is 0 Å². The van der Waals surface area contributed by atoms with E-state index in [0.29, 0.717) is 5.92 Å². The molecule has 0 bridgehead atoms. The van der Waals surface area contributed by atoms with Crippen LogP contribution in [0.2, 0.25) is 0 Å². The van der Waals surface area contributed by atoms with Crippen LogP contribution in [0.1, 0.15) is 47.0 Å². The highest BCUT2D eigenvalue weighted by molar-refractivity contribution is 4.79. The fraction of sp³-hybridized carbons (Fsp3) is 1.00. The molecule has 0 spiro atoms. The Morgan fingerprint density at radius 2 is 1.75 bits per heavy atom. The fourth-order valence-corrected chi connectivity index (χ4v) is 1.76. The molecule has 0 aliphatic carbocycles. The number of likely N-dealkylation sites (N-methyl/N-ethyl adjacent to an activating group) is 1. The van der Waals surface area contributed by atoms with Crippen LogP contribution < -0.4 is 5.73 Å². The summed E-state index contributed by atoms with van der Waals surface area (Å²) >= 11 is 0. The predicted molar refractivity (Wildman–Crippen MR) is 70.5 cm³/mol. The summed E-state index contributed by atoms with van der Waals surface area (Å²) in [6, 6.07) is 0.263. The third-order valence-electron chi connectivity index (χ3n) is 3.58. The van der Waals surface area contributed by atoms with Crippen molar-refractivity contribution in [3.8, 4) is 0 Å². The average Bonchev–Trinajstić information content (AvgIpc) is 2.25. The molecule has 0 amide bonds. The van der Waals surface area contributed by atoms with Gasteiger partial charge in [0, 0.05) is 12.6 Å². The molecule has 98 valence electrons. The van der Waals surface area contributed by atoms with Gasteiger partial charge in [-0.1, -0.05) is 27.7 Å². The van der Waals surface area contributed by atoms with Gasteiger partial charge in [-0.3, -0.25) is 0 Å². The molecule has 0 radical (unpaired) electrons. The SMILES string of the molecule is CCC(O)(CC)CN(C)CCC(N)C(C)C. The minimum Gasteiger partial charge on any atom is -0.389 e. The maximum absolute atomic E-state index is 10.2. The standard InChI is InChI=1S/C13H30N2O/c1-6-13(16,7-2)10-15(5)9-8-12(14)11(3)4/h11-12,16H,6-10,14H2,1-5H3. The molecule has 3 N–H and O–H groups in total. The van der Waals surface area contributed by atoms with Crippen molar-refractivity contribution in [2.24, 2.45) is 11.7 Å². The van der Waals surface area contributed by atoms with Gasteiger partial charge in [0.15, 0.2) is 0 Å². The maximum Gasteiger partial charge on any atom is 0.0768 e. The Kier molecular flexibility index (Phi) is 7.20. The first-order valence-electron chi connectivity index (χ1n) is 6.51. The largest absolute Gasteiger partial charge is 0.389 e. The molecule has 0 aliphatic heterocycles. The summed E-state index contributed by atoms with van der Waals surface area (Å²) in [5, 5.41) is 10.2. The van der Waals surface area contributed by atoms with Crippen molar-refractivity contribution in [2.75, 3.05) is 20.1 Å². The van der Waals surface area contributed by atoms with Crippen LogP contribution in [0.3, 0.4) is 0 Å². The Labute approximate surface area is 101 Å². The summed E-state index contributed by atoms with van der Waals surface area (Å²) in [4.78, 5) is 2.19. The van der Waals surface area contributed by atoms with Crippen molar-refractivity contribution >= 4 is 0 Å². The fourth-order valence-electron chi connectivity index (χ4n) is 1.76. The molecule has 0 heterocycles. The minimum absolute atomic E-state index is 0.263. The van der Waals surface area contributed by atoms with E-state index in [2.05, 4.69) is 25.8 Å². The third-order valence-corrected chi connectivity index (χ3v) is 3.58. The molecular formula is C13H30N2O. The van der Waals surface area contributed by atoms with Crippen molar-refractivity contribution in [2.45, 2.75) is 58.6 Å². The van der Waals surface area contributed by atoms with Gasteiger partial charge in [0.25, 0.3) is 0 Å². The molecule has 16 heavy (non-hydrogen) atoms. The van der Waals surface area contributed by atoms with Crippen LogP contribution in [0.4, 0.5) is 0 Å². The van der Waals surface area contributed by atoms with E-state index < -0.39 is 5.60 Å². The summed E-state index contributed by atoms with van der Waals surface area (Å²) < 4.78 is 0. The highest BCUT2D eigenvalue weighted by atomic mass is 16.3. The Morgan fingerprint density at radius 3 is 2.12 bits per heavy atom.